The molecule has 0 amide bonds. The van der Waals surface area contributed by atoms with Crippen molar-refractivity contribution in [2.45, 2.75) is 33.4 Å². The zero-order chi connectivity index (χ0) is 21.1. The van der Waals surface area contributed by atoms with Gasteiger partial charge < -0.3 is 4.74 Å². The van der Waals surface area contributed by atoms with E-state index in [2.05, 4.69) is 10.2 Å². The molecule has 0 bridgehead atoms. The van der Waals surface area contributed by atoms with Gasteiger partial charge in [-0.25, -0.2) is 4.68 Å². The summed E-state index contributed by atoms with van der Waals surface area (Å²) in [5.41, 5.74) is 4.21. The molecule has 4 aromatic rings. The maximum Gasteiger partial charge on any atom is 0.308 e. The molecule has 0 N–H and O–H groups in total. The summed E-state index contributed by atoms with van der Waals surface area (Å²) < 4.78 is 9.01. The number of hydrogen-bond acceptors (Lipinski definition) is 5. The molecule has 0 atom stereocenters. The second kappa shape index (κ2) is 8.32. The van der Waals surface area contributed by atoms with Crippen molar-refractivity contribution in [3.8, 4) is 5.69 Å². The minimum atomic E-state index is -0.328. The number of ether oxygens (including phenoxy) is 1. The summed E-state index contributed by atoms with van der Waals surface area (Å²) in [7, 11) is 0. The van der Waals surface area contributed by atoms with Crippen molar-refractivity contribution in [1.82, 2.24) is 19.6 Å². The maximum absolute atomic E-state index is 12.3. The molecular formula is C23H22N4O3. The molecule has 0 aliphatic heterocycles. The van der Waals surface area contributed by atoms with Crippen molar-refractivity contribution < 1.29 is 9.53 Å². The van der Waals surface area contributed by atoms with Crippen molar-refractivity contribution in [2.75, 3.05) is 0 Å². The number of rotatable bonds is 6. The van der Waals surface area contributed by atoms with E-state index in [4.69, 9.17) is 4.74 Å². The average molecular weight is 402 g/mol. The summed E-state index contributed by atoms with van der Waals surface area (Å²) in [6.07, 6.45) is 1.43. The minimum Gasteiger partial charge on any atom is -0.461 e. The molecular weight excluding hydrogens is 380 g/mol. The van der Waals surface area contributed by atoms with Crippen LogP contribution in [0.15, 0.2) is 65.6 Å². The van der Waals surface area contributed by atoms with Gasteiger partial charge in [0.25, 0.3) is 0 Å². The Labute approximate surface area is 173 Å². The summed E-state index contributed by atoms with van der Waals surface area (Å²) in [6.45, 7) is 4.38. The Morgan fingerprint density at radius 3 is 2.57 bits per heavy atom. The summed E-state index contributed by atoms with van der Waals surface area (Å²) in [4.78, 5) is 24.3. The number of nitrogens with zero attached hydrogens (tertiary/aromatic N) is 4. The molecule has 0 unspecified atom stereocenters. The molecule has 30 heavy (non-hydrogen) atoms. The number of hydrogen-bond donors (Lipinski definition) is 0. The predicted octanol–water partition coefficient (Wildman–Crippen LogP) is 3.33. The van der Waals surface area contributed by atoms with Gasteiger partial charge in [-0.15, -0.1) is 0 Å². The molecule has 0 aliphatic carbocycles. The van der Waals surface area contributed by atoms with Crippen LogP contribution in [0.2, 0.25) is 0 Å². The first-order chi connectivity index (χ1) is 14.5. The number of para-hydroxylation sites is 2. The van der Waals surface area contributed by atoms with Gasteiger partial charge in [-0.3, -0.25) is 14.3 Å². The molecule has 0 aliphatic rings. The van der Waals surface area contributed by atoms with E-state index in [0.717, 1.165) is 22.6 Å². The highest BCUT2D eigenvalue weighted by atomic mass is 16.5. The van der Waals surface area contributed by atoms with Crippen LogP contribution in [0.5, 0.6) is 0 Å². The molecule has 2 aromatic heterocycles. The third-order valence-corrected chi connectivity index (χ3v) is 5.11. The highest BCUT2D eigenvalue weighted by molar-refractivity contribution is 5.78. The Morgan fingerprint density at radius 2 is 1.77 bits per heavy atom. The molecule has 7 heteroatoms. The Kier molecular flexibility index (Phi) is 5.43. The molecule has 152 valence electrons. The van der Waals surface area contributed by atoms with Crippen molar-refractivity contribution >= 4 is 16.9 Å². The van der Waals surface area contributed by atoms with E-state index in [1.54, 1.807) is 10.7 Å². The van der Waals surface area contributed by atoms with Crippen molar-refractivity contribution in [3.63, 3.8) is 0 Å². The predicted molar refractivity (Wildman–Crippen MR) is 113 cm³/mol. The SMILES string of the molecule is Cc1nn(-c2ccccc2)c(C)c1COC(=O)CCn1ncc(=O)c2ccccc21. The van der Waals surface area contributed by atoms with Gasteiger partial charge in [0, 0.05) is 16.6 Å². The summed E-state index contributed by atoms with van der Waals surface area (Å²) in [5.74, 6) is -0.328. The van der Waals surface area contributed by atoms with Crippen molar-refractivity contribution in [3.05, 3.63) is 88.0 Å². The highest BCUT2D eigenvalue weighted by Gasteiger charge is 2.15. The van der Waals surface area contributed by atoms with Gasteiger partial charge in [0.2, 0.25) is 5.43 Å². The monoisotopic (exact) mass is 402 g/mol. The quantitative estimate of drug-likeness (QED) is 0.462. The van der Waals surface area contributed by atoms with E-state index in [-0.39, 0.29) is 24.4 Å². The van der Waals surface area contributed by atoms with E-state index in [9.17, 15) is 9.59 Å². The molecule has 0 saturated carbocycles. The molecule has 2 aromatic carbocycles. The smallest absolute Gasteiger partial charge is 0.308 e. The van der Waals surface area contributed by atoms with Crippen LogP contribution < -0.4 is 5.43 Å². The van der Waals surface area contributed by atoms with E-state index < -0.39 is 0 Å². The number of aryl methyl sites for hydroxylation is 2. The first-order valence-corrected chi connectivity index (χ1v) is 9.75. The van der Waals surface area contributed by atoms with Crippen LogP contribution in [0.1, 0.15) is 23.4 Å². The lowest BCUT2D eigenvalue weighted by molar-refractivity contribution is -0.145. The van der Waals surface area contributed by atoms with Crippen LogP contribution in [-0.4, -0.2) is 25.5 Å². The second-order valence-corrected chi connectivity index (χ2v) is 7.06. The van der Waals surface area contributed by atoms with Crippen molar-refractivity contribution in [1.29, 1.82) is 0 Å². The second-order valence-electron chi connectivity index (χ2n) is 7.06. The van der Waals surface area contributed by atoms with E-state index in [1.807, 2.05) is 67.1 Å². The molecule has 4 rings (SSSR count). The first kappa shape index (κ1) is 19.6. The van der Waals surface area contributed by atoms with Crippen LogP contribution in [0.3, 0.4) is 0 Å². The molecule has 0 spiro atoms. The van der Waals surface area contributed by atoms with Gasteiger partial charge in [0.05, 0.1) is 36.1 Å². The number of esters is 1. The molecule has 2 heterocycles. The Morgan fingerprint density at radius 1 is 1.03 bits per heavy atom. The van der Waals surface area contributed by atoms with Gasteiger partial charge in [-0.1, -0.05) is 30.3 Å². The van der Waals surface area contributed by atoms with E-state index in [1.165, 1.54) is 6.20 Å². The molecule has 0 saturated heterocycles. The van der Waals surface area contributed by atoms with Gasteiger partial charge in [0.1, 0.15) is 6.61 Å². The van der Waals surface area contributed by atoms with Crippen LogP contribution >= 0.6 is 0 Å². The fraction of sp³-hybridized carbons (Fsp3) is 0.217. The van der Waals surface area contributed by atoms with Crippen LogP contribution in [0.25, 0.3) is 16.6 Å². The van der Waals surface area contributed by atoms with Crippen LogP contribution in [-0.2, 0) is 22.7 Å². The largest absolute Gasteiger partial charge is 0.461 e. The topological polar surface area (TPSA) is 79.0 Å². The Hall–Kier alpha value is -3.74. The fourth-order valence-corrected chi connectivity index (χ4v) is 3.47. The zero-order valence-corrected chi connectivity index (χ0v) is 16.9. The van der Waals surface area contributed by atoms with E-state index >= 15 is 0 Å². The third-order valence-electron chi connectivity index (χ3n) is 5.11. The fourth-order valence-electron chi connectivity index (χ4n) is 3.47. The number of carbonyl (C=O) groups excluding carboxylic acids is 1. The standard InChI is InChI=1S/C23H22N4O3/c1-16-20(17(2)27(25-16)18-8-4-3-5-9-18)15-30-23(29)12-13-26-21-11-7-6-10-19(21)22(28)14-24-26/h3-11,14H,12-13,15H2,1-2H3. The average Bonchev–Trinajstić information content (AvgIpc) is 3.06. The normalized spacial score (nSPS) is 11.0. The first-order valence-electron chi connectivity index (χ1n) is 9.75. The number of aromatic nitrogens is 4. The van der Waals surface area contributed by atoms with Gasteiger partial charge in [0.15, 0.2) is 0 Å². The molecule has 7 nitrogen and oxygen atoms in total. The molecule has 0 radical (unpaired) electrons. The highest BCUT2D eigenvalue weighted by Crippen LogP contribution is 2.19. The van der Waals surface area contributed by atoms with Gasteiger partial charge in [-0.2, -0.15) is 10.2 Å². The number of carbonyl (C=O) groups is 1. The van der Waals surface area contributed by atoms with E-state index in [0.29, 0.717) is 17.4 Å². The zero-order valence-electron chi connectivity index (χ0n) is 16.9. The Bertz CT molecular complexity index is 1260. The number of benzene rings is 2. The Balaban J connectivity index is 1.42. The summed E-state index contributed by atoms with van der Waals surface area (Å²) >= 11 is 0. The summed E-state index contributed by atoms with van der Waals surface area (Å²) in [6, 6.07) is 17.1. The van der Waals surface area contributed by atoms with Gasteiger partial charge in [-0.05, 0) is 38.1 Å². The van der Waals surface area contributed by atoms with Crippen molar-refractivity contribution in [2.24, 2.45) is 0 Å². The maximum atomic E-state index is 12.3. The third kappa shape index (κ3) is 3.87. The molecule has 0 fully saturated rings. The number of fused-ring (bicyclic) bond motifs is 1. The summed E-state index contributed by atoms with van der Waals surface area (Å²) in [5, 5.41) is 9.30. The van der Waals surface area contributed by atoms with Crippen LogP contribution in [0.4, 0.5) is 0 Å². The minimum absolute atomic E-state index is 0.134. The van der Waals surface area contributed by atoms with Gasteiger partial charge >= 0.3 is 5.97 Å². The lowest BCUT2D eigenvalue weighted by atomic mass is 10.2. The van der Waals surface area contributed by atoms with Crippen LogP contribution in [0, 0.1) is 13.8 Å². The lowest BCUT2D eigenvalue weighted by Crippen LogP contribution is -2.15. The lowest BCUT2D eigenvalue weighted by Gasteiger charge is -2.09.